The molecule has 0 heterocycles. The van der Waals surface area contributed by atoms with Gasteiger partial charge >= 0.3 is 0 Å². The molecule has 1 heteroatoms. The smallest absolute Gasteiger partial charge is 0.0783 e. The van der Waals surface area contributed by atoms with Crippen LogP contribution in [0.5, 0.6) is 0 Å². The number of benzene rings is 1. The highest BCUT2D eigenvalue weighted by atomic mass is 15.3. The lowest BCUT2D eigenvalue weighted by Crippen LogP contribution is -2.50. The second-order valence-electron chi connectivity index (χ2n) is 5.39. The first-order valence-corrected chi connectivity index (χ1v) is 8.09. The average molecular weight is 264 g/mol. The first-order valence-electron chi connectivity index (χ1n) is 8.09. The summed E-state index contributed by atoms with van der Waals surface area (Å²) >= 11 is 0. The largest absolute Gasteiger partial charge is 0.324 e. The topological polar surface area (TPSA) is 0 Å². The van der Waals surface area contributed by atoms with Gasteiger partial charge in [0.25, 0.3) is 0 Å². The number of rotatable bonds is 8. The van der Waals surface area contributed by atoms with Gasteiger partial charge in [0.1, 0.15) is 0 Å². The van der Waals surface area contributed by atoms with Crippen molar-refractivity contribution in [2.75, 3.05) is 26.2 Å². The maximum atomic E-state index is 2.31. The van der Waals surface area contributed by atoms with Crippen LogP contribution in [0.25, 0.3) is 0 Å². The van der Waals surface area contributed by atoms with E-state index in [1.807, 2.05) is 36.4 Å². The molecule has 1 aromatic rings. The van der Waals surface area contributed by atoms with Gasteiger partial charge in [-0.1, -0.05) is 64.1 Å². The van der Waals surface area contributed by atoms with Crippen LogP contribution in [0.1, 0.15) is 53.4 Å². The molecule has 0 N–H and O–H groups in total. The lowest BCUT2D eigenvalue weighted by molar-refractivity contribution is -0.928. The molecule has 1 rings (SSSR count). The first kappa shape index (κ1) is 18.2. The van der Waals surface area contributed by atoms with Crippen LogP contribution in [0, 0.1) is 0 Å². The van der Waals surface area contributed by atoms with Crippen molar-refractivity contribution in [2.24, 2.45) is 0 Å². The van der Waals surface area contributed by atoms with Gasteiger partial charge in [0, 0.05) is 0 Å². The fraction of sp³-hybridized carbons (Fsp3) is 0.667. The molecule has 0 bridgehead atoms. The monoisotopic (exact) mass is 264 g/mol. The molecule has 1 aromatic carbocycles. The normalized spacial score (nSPS) is 10.7. The molecule has 0 saturated carbocycles. The van der Waals surface area contributed by atoms with E-state index in [4.69, 9.17) is 0 Å². The zero-order chi connectivity index (χ0) is 14.4. The van der Waals surface area contributed by atoms with Crippen LogP contribution >= 0.6 is 0 Å². The molecule has 0 radical (unpaired) electrons. The van der Waals surface area contributed by atoms with Crippen LogP contribution in [-0.2, 0) is 0 Å². The van der Waals surface area contributed by atoms with Gasteiger partial charge < -0.3 is 4.48 Å². The zero-order valence-corrected chi connectivity index (χ0v) is 13.6. The van der Waals surface area contributed by atoms with Gasteiger partial charge in [-0.2, -0.15) is 0 Å². The van der Waals surface area contributed by atoms with Crippen LogP contribution in [0.4, 0.5) is 0 Å². The Morgan fingerprint density at radius 3 is 0.842 bits per heavy atom. The molecule has 0 spiro atoms. The highest BCUT2D eigenvalue weighted by molar-refractivity contribution is 4.99. The van der Waals surface area contributed by atoms with Crippen molar-refractivity contribution in [1.29, 1.82) is 0 Å². The standard InChI is InChI=1S/C12H28N.C6H6/c1-5-9-13(10-6-2,11-7-3)12-8-4;1-2-4-6-5-3-1/h5-12H2,1-4H3;1-6H/q+1;. The van der Waals surface area contributed by atoms with E-state index in [0.717, 1.165) is 0 Å². The van der Waals surface area contributed by atoms with E-state index in [9.17, 15) is 0 Å². The molecule has 0 aliphatic rings. The van der Waals surface area contributed by atoms with E-state index < -0.39 is 0 Å². The lowest BCUT2D eigenvalue weighted by Gasteiger charge is -2.38. The number of nitrogens with zero attached hydrogens (tertiary/aromatic N) is 1. The van der Waals surface area contributed by atoms with Crippen molar-refractivity contribution in [3.05, 3.63) is 36.4 Å². The van der Waals surface area contributed by atoms with Gasteiger partial charge in [-0.05, 0) is 25.7 Å². The maximum Gasteiger partial charge on any atom is 0.0783 e. The SMILES string of the molecule is CCC[N+](CCC)(CCC)CCC.c1ccccc1. The summed E-state index contributed by atoms with van der Waals surface area (Å²) in [6.45, 7) is 14.8. The first-order chi connectivity index (χ1) is 9.24. The minimum absolute atomic E-state index is 1.33. The number of hydrogen-bond acceptors (Lipinski definition) is 0. The summed E-state index contributed by atoms with van der Waals surface area (Å²) in [5, 5.41) is 0. The van der Waals surface area contributed by atoms with Gasteiger partial charge in [-0.15, -0.1) is 0 Å². The number of quaternary nitrogens is 1. The summed E-state index contributed by atoms with van der Waals surface area (Å²) in [6.07, 6.45) is 5.33. The molecular weight excluding hydrogens is 230 g/mol. The van der Waals surface area contributed by atoms with Crippen molar-refractivity contribution in [3.8, 4) is 0 Å². The number of hydrogen-bond donors (Lipinski definition) is 0. The Labute approximate surface area is 121 Å². The van der Waals surface area contributed by atoms with Crippen LogP contribution in [-0.4, -0.2) is 30.7 Å². The van der Waals surface area contributed by atoms with Crippen molar-refractivity contribution < 1.29 is 4.48 Å². The highest BCUT2D eigenvalue weighted by Crippen LogP contribution is 2.12. The zero-order valence-electron chi connectivity index (χ0n) is 13.6. The third-order valence-electron chi connectivity index (χ3n) is 3.46. The van der Waals surface area contributed by atoms with E-state index >= 15 is 0 Å². The molecule has 0 fully saturated rings. The minimum atomic E-state index is 1.33. The quantitative estimate of drug-likeness (QED) is 0.571. The Balaban J connectivity index is 0.000000443. The summed E-state index contributed by atoms with van der Waals surface area (Å²) in [7, 11) is 0. The van der Waals surface area contributed by atoms with Gasteiger partial charge in [0.05, 0.1) is 26.2 Å². The molecule has 0 atom stereocenters. The van der Waals surface area contributed by atoms with Crippen LogP contribution in [0.2, 0.25) is 0 Å². The predicted octanol–water partition coefficient (Wildman–Crippen LogP) is 5.13. The van der Waals surface area contributed by atoms with E-state index in [0.29, 0.717) is 0 Å². The van der Waals surface area contributed by atoms with Gasteiger partial charge in [-0.3, -0.25) is 0 Å². The van der Waals surface area contributed by atoms with Crippen LogP contribution in [0.15, 0.2) is 36.4 Å². The Bertz CT molecular complexity index is 212. The lowest BCUT2D eigenvalue weighted by atomic mass is 10.2. The van der Waals surface area contributed by atoms with Gasteiger partial charge in [0.2, 0.25) is 0 Å². The molecule has 0 saturated heterocycles. The summed E-state index contributed by atoms with van der Waals surface area (Å²) < 4.78 is 1.38. The Hall–Kier alpha value is -0.820. The van der Waals surface area contributed by atoms with Crippen molar-refractivity contribution in [2.45, 2.75) is 53.4 Å². The Kier molecular flexibility index (Phi) is 11.7. The summed E-state index contributed by atoms with van der Waals surface area (Å²) in [5.74, 6) is 0. The maximum absolute atomic E-state index is 2.31. The van der Waals surface area contributed by atoms with Gasteiger partial charge in [0.15, 0.2) is 0 Å². The minimum Gasteiger partial charge on any atom is -0.324 e. The Morgan fingerprint density at radius 2 is 0.684 bits per heavy atom. The summed E-state index contributed by atoms with van der Waals surface area (Å²) in [4.78, 5) is 0. The Morgan fingerprint density at radius 1 is 0.474 bits per heavy atom. The highest BCUT2D eigenvalue weighted by Gasteiger charge is 2.22. The molecule has 0 unspecified atom stereocenters. The van der Waals surface area contributed by atoms with Crippen LogP contribution < -0.4 is 0 Å². The average Bonchev–Trinajstić information content (AvgIpc) is 2.43. The molecule has 0 aromatic heterocycles. The molecule has 0 aliphatic carbocycles. The fourth-order valence-electron chi connectivity index (χ4n) is 2.95. The second kappa shape index (κ2) is 12.2. The molecule has 110 valence electrons. The van der Waals surface area contributed by atoms with E-state index in [-0.39, 0.29) is 0 Å². The van der Waals surface area contributed by atoms with Crippen molar-refractivity contribution in [3.63, 3.8) is 0 Å². The van der Waals surface area contributed by atoms with Crippen molar-refractivity contribution in [1.82, 2.24) is 0 Å². The van der Waals surface area contributed by atoms with E-state index in [1.54, 1.807) is 0 Å². The molecule has 0 amide bonds. The van der Waals surface area contributed by atoms with Crippen LogP contribution in [0.3, 0.4) is 0 Å². The predicted molar refractivity (Wildman–Crippen MR) is 87.3 cm³/mol. The summed E-state index contributed by atoms with van der Waals surface area (Å²) in [6, 6.07) is 12.0. The molecule has 0 aliphatic heterocycles. The third-order valence-corrected chi connectivity index (χ3v) is 3.46. The van der Waals surface area contributed by atoms with Gasteiger partial charge in [-0.25, -0.2) is 0 Å². The van der Waals surface area contributed by atoms with E-state index in [2.05, 4.69) is 27.7 Å². The third kappa shape index (κ3) is 8.83. The van der Waals surface area contributed by atoms with E-state index in [1.165, 1.54) is 56.3 Å². The second-order valence-corrected chi connectivity index (χ2v) is 5.39. The molecular formula is C18H34N+. The fourth-order valence-corrected chi connectivity index (χ4v) is 2.95. The van der Waals surface area contributed by atoms with Crippen molar-refractivity contribution >= 4 is 0 Å². The summed E-state index contributed by atoms with van der Waals surface area (Å²) in [5.41, 5.74) is 0. The molecule has 19 heavy (non-hydrogen) atoms. The molecule has 1 nitrogen and oxygen atoms in total.